The lowest BCUT2D eigenvalue weighted by Crippen LogP contribution is -2.27. The molecule has 1 rings (SSSR count). The van der Waals surface area contributed by atoms with Crippen LogP contribution in [0.1, 0.15) is 42.6 Å². The van der Waals surface area contributed by atoms with Crippen molar-refractivity contribution in [2.45, 2.75) is 32.6 Å². The van der Waals surface area contributed by atoms with Gasteiger partial charge < -0.3 is 5.32 Å². The number of aromatic nitrogens is 2. The first-order valence-corrected chi connectivity index (χ1v) is 7.43. The monoisotopic (exact) mass is 353 g/mol. The number of carbonyl (C=O) groups excluding carboxylic acids is 1. The summed E-state index contributed by atoms with van der Waals surface area (Å²) in [5, 5.41) is 6.93. The van der Waals surface area contributed by atoms with E-state index in [-0.39, 0.29) is 11.3 Å². The first-order valence-electron chi connectivity index (χ1n) is 5.14. The number of hydrogen-bond acceptors (Lipinski definition) is 4. The number of carbonyl (C=O) groups is 1. The molecule has 1 N–H and O–H groups in total. The Morgan fingerprint density at radius 3 is 2.75 bits per heavy atom. The Balaban J connectivity index is 2.73. The van der Waals surface area contributed by atoms with E-state index in [1.54, 1.807) is 0 Å². The van der Waals surface area contributed by atoms with Gasteiger partial charge >= 0.3 is 0 Å². The molecule has 0 aromatic carbocycles. The molecule has 4 nitrogen and oxygen atoms in total. The second kappa shape index (κ2) is 5.90. The molecular weight excluding hydrogens is 337 g/mol. The molecule has 1 heterocycles. The molecule has 0 spiro atoms. The smallest absolute Gasteiger partial charge is 0.264 e. The van der Waals surface area contributed by atoms with Gasteiger partial charge in [0, 0.05) is 16.4 Å². The number of rotatable bonds is 4. The zero-order chi connectivity index (χ0) is 12.2. The van der Waals surface area contributed by atoms with Gasteiger partial charge in [0.1, 0.15) is 4.88 Å². The fourth-order valence-corrected chi connectivity index (χ4v) is 2.35. The topological polar surface area (TPSA) is 54.9 Å². The van der Waals surface area contributed by atoms with Crippen molar-refractivity contribution in [2.24, 2.45) is 0 Å². The summed E-state index contributed by atoms with van der Waals surface area (Å²) >= 11 is 3.46. The Morgan fingerprint density at radius 2 is 2.19 bits per heavy atom. The van der Waals surface area contributed by atoms with Crippen LogP contribution in [0.15, 0.2) is 0 Å². The molecule has 0 aliphatic carbocycles. The van der Waals surface area contributed by atoms with Gasteiger partial charge in [-0.3, -0.25) is 4.79 Å². The molecule has 1 amide bonds. The summed E-state index contributed by atoms with van der Waals surface area (Å²) in [6, 6.07) is 0. The first kappa shape index (κ1) is 13.8. The molecule has 0 saturated heterocycles. The largest absolute Gasteiger partial charge is 0.351 e. The van der Waals surface area contributed by atoms with E-state index in [1.165, 1.54) is 11.5 Å². The van der Waals surface area contributed by atoms with E-state index in [2.05, 4.69) is 37.5 Å². The summed E-state index contributed by atoms with van der Waals surface area (Å²) in [6.07, 6.45) is 0.989. The van der Waals surface area contributed by atoms with Crippen molar-refractivity contribution in [1.29, 1.82) is 0 Å². The van der Waals surface area contributed by atoms with Crippen LogP contribution >= 0.6 is 34.1 Å². The first-order chi connectivity index (χ1) is 7.46. The van der Waals surface area contributed by atoms with Crippen molar-refractivity contribution in [3.05, 3.63) is 10.6 Å². The van der Waals surface area contributed by atoms with E-state index >= 15 is 0 Å². The van der Waals surface area contributed by atoms with Crippen LogP contribution in [-0.2, 0) is 5.41 Å². The van der Waals surface area contributed by atoms with E-state index in [9.17, 15) is 4.79 Å². The zero-order valence-electron chi connectivity index (χ0n) is 9.71. The van der Waals surface area contributed by atoms with Crippen LogP contribution in [0.5, 0.6) is 0 Å². The fourth-order valence-electron chi connectivity index (χ4n) is 1.18. The number of nitrogens with one attached hydrogen (secondary N) is 1. The lowest BCUT2D eigenvalue weighted by Gasteiger charge is -2.16. The number of nitrogens with zero attached hydrogens (tertiary/aromatic N) is 2. The van der Waals surface area contributed by atoms with Crippen molar-refractivity contribution < 1.29 is 4.79 Å². The van der Waals surface area contributed by atoms with Crippen LogP contribution in [0.25, 0.3) is 0 Å². The SMILES string of the molecule is CC(C)(C)c1nnsc1C(=O)NCCCI. The molecule has 0 unspecified atom stereocenters. The van der Waals surface area contributed by atoms with Gasteiger partial charge in [0.2, 0.25) is 0 Å². The van der Waals surface area contributed by atoms with Crippen LogP contribution in [-0.4, -0.2) is 26.5 Å². The van der Waals surface area contributed by atoms with Crippen LogP contribution in [0.4, 0.5) is 0 Å². The average Bonchev–Trinajstić information content (AvgIpc) is 2.65. The maximum Gasteiger partial charge on any atom is 0.264 e. The molecule has 6 heteroatoms. The van der Waals surface area contributed by atoms with E-state index < -0.39 is 0 Å². The highest BCUT2D eigenvalue weighted by Gasteiger charge is 2.25. The molecule has 1 aromatic heterocycles. The van der Waals surface area contributed by atoms with Gasteiger partial charge in [-0.15, -0.1) is 5.10 Å². The number of amides is 1. The molecular formula is C10H16IN3OS. The second-order valence-corrected chi connectivity index (χ2v) is 6.33. The highest BCUT2D eigenvalue weighted by Crippen LogP contribution is 2.25. The standard InChI is InChI=1S/C10H16IN3OS/c1-10(2,3)8-7(16-14-13-8)9(15)12-6-4-5-11/h4-6H2,1-3H3,(H,12,15). The van der Waals surface area contributed by atoms with Crippen LogP contribution in [0, 0.1) is 0 Å². The Kier molecular flexibility index (Phi) is 5.10. The number of hydrogen-bond donors (Lipinski definition) is 1. The van der Waals surface area contributed by atoms with Gasteiger partial charge in [0.25, 0.3) is 5.91 Å². The van der Waals surface area contributed by atoms with E-state index in [0.717, 1.165) is 16.5 Å². The van der Waals surface area contributed by atoms with Crippen LogP contribution in [0.3, 0.4) is 0 Å². The fraction of sp³-hybridized carbons (Fsp3) is 0.700. The third kappa shape index (κ3) is 3.65. The van der Waals surface area contributed by atoms with E-state index in [4.69, 9.17) is 0 Å². The number of alkyl halides is 1. The Morgan fingerprint density at radius 1 is 1.50 bits per heavy atom. The molecule has 0 fully saturated rings. The highest BCUT2D eigenvalue weighted by atomic mass is 127. The predicted octanol–water partition coefficient (Wildman–Crippen LogP) is 2.39. The van der Waals surface area contributed by atoms with Crippen LogP contribution in [0.2, 0.25) is 0 Å². The summed E-state index contributed by atoms with van der Waals surface area (Å²) in [6.45, 7) is 6.81. The maximum atomic E-state index is 11.9. The van der Waals surface area contributed by atoms with Gasteiger partial charge in [-0.1, -0.05) is 47.9 Å². The molecule has 0 bridgehead atoms. The zero-order valence-corrected chi connectivity index (χ0v) is 12.7. The Bertz CT molecular complexity index is 359. The van der Waals surface area contributed by atoms with Crippen molar-refractivity contribution in [1.82, 2.24) is 14.9 Å². The predicted molar refractivity (Wildman–Crippen MR) is 74.4 cm³/mol. The number of halogens is 1. The second-order valence-electron chi connectivity index (χ2n) is 4.50. The molecule has 90 valence electrons. The van der Waals surface area contributed by atoms with Gasteiger partial charge in [0.05, 0.1) is 5.69 Å². The quantitative estimate of drug-likeness (QED) is 0.514. The molecule has 0 radical (unpaired) electrons. The van der Waals surface area contributed by atoms with Crippen molar-refractivity contribution in [3.63, 3.8) is 0 Å². The summed E-state index contributed by atoms with van der Waals surface area (Å²) in [4.78, 5) is 12.5. The van der Waals surface area contributed by atoms with Crippen LogP contribution < -0.4 is 5.32 Å². The highest BCUT2D eigenvalue weighted by molar-refractivity contribution is 14.1. The summed E-state index contributed by atoms with van der Waals surface area (Å²) in [5.74, 6) is -0.0511. The molecule has 0 aliphatic heterocycles. The normalized spacial score (nSPS) is 11.5. The van der Waals surface area contributed by atoms with Crippen molar-refractivity contribution in [3.8, 4) is 0 Å². The third-order valence-electron chi connectivity index (χ3n) is 2.00. The van der Waals surface area contributed by atoms with Crippen molar-refractivity contribution in [2.75, 3.05) is 11.0 Å². The Labute approximate surface area is 114 Å². The Hall–Kier alpha value is -0.240. The molecule has 1 aromatic rings. The average molecular weight is 353 g/mol. The lowest BCUT2D eigenvalue weighted by atomic mass is 9.91. The minimum absolute atomic E-state index is 0.0511. The lowest BCUT2D eigenvalue weighted by molar-refractivity contribution is 0.0955. The van der Waals surface area contributed by atoms with Gasteiger partial charge in [-0.05, 0) is 18.0 Å². The van der Waals surface area contributed by atoms with E-state index in [0.29, 0.717) is 11.4 Å². The minimum Gasteiger partial charge on any atom is -0.351 e. The minimum atomic E-state index is -0.136. The molecule has 0 saturated carbocycles. The summed E-state index contributed by atoms with van der Waals surface area (Å²) < 4.78 is 4.91. The third-order valence-corrected chi connectivity index (χ3v) is 3.49. The van der Waals surface area contributed by atoms with Crippen molar-refractivity contribution >= 4 is 40.0 Å². The maximum absolute atomic E-state index is 11.9. The molecule has 0 aliphatic rings. The molecule has 16 heavy (non-hydrogen) atoms. The van der Waals surface area contributed by atoms with Gasteiger partial charge in [-0.25, -0.2) is 0 Å². The van der Waals surface area contributed by atoms with E-state index in [1.807, 2.05) is 20.8 Å². The molecule has 0 atom stereocenters. The van der Waals surface area contributed by atoms with Gasteiger partial charge in [-0.2, -0.15) is 0 Å². The summed E-state index contributed by atoms with van der Waals surface area (Å²) in [5.41, 5.74) is 0.646. The summed E-state index contributed by atoms with van der Waals surface area (Å²) in [7, 11) is 0. The van der Waals surface area contributed by atoms with Gasteiger partial charge in [0.15, 0.2) is 0 Å².